The van der Waals surface area contributed by atoms with E-state index >= 15 is 0 Å². The molecule has 1 aliphatic heterocycles. The van der Waals surface area contributed by atoms with Gasteiger partial charge in [-0.15, -0.1) is 0 Å². The average molecular weight is 565 g/mol. The molecule has 1 fully saturated rings. The Morgan fingerprint density at radius 3 is 2.31 bits per heavy atom. The highest BCUT2D eigenvalue weighted by atomic mass is 16.2. The van der Waals surface area contributed by atoms with Gasteiger partial charge in [0.25, 0.3) is 0 Å². The molecule has 3 aromatic carbocycles. The quantitative estimate of drug-likeness (QED) is 0.287. The van der Waals surface area contributed by atoms with Crippen molar-refractivity contribution in [2.45, 2.75) is 63.6 Å². The summed E-state index contributed by atoms with van der Waals surface area (Å²) in [6.07, 6.45) is 6.22. The number of nitrogens with zero attached hydrogens (tertiary/aromatic N) is 4. The second kappa shape index (κ2) is 13.6. The van der Waals surface area contributed by atoms with Crippen LogP contribution in [0.3, 0.4) is 0 Å². The number of hydrogen-bond acceptors (Lipinski definition) is 5. The zero-order valence-corrected chi connectivity index (χ0v) is 24.3. The first-order valence-corrected chi connectivity index (χ1v) is 14.7. The first-order chi connectivity index (χ1) is 20.5. The van der Waals surface area contributed by atoms with Crippen molar-refractivity contribution in [3.05, 3.63) is 119 Å². The number of rotatable bonds is 11. The monoisotopic (exact) mass is 564 g/mol. The second-order valence-electron chi connectivity index (χ2n) is 11.3. The van der Waals surface area contributed by atoms with Crippen LogP contribution < -0.4 is 11.1 Å². The number of hydrogen-bond donors (Lipinski definition) is 2. The van der Waals surface area contributed by atoms with Crippen LogP contribution in [-0.2, 0) is 40.9 Å². The highest BCUT2D eigenvalue weighted by Crippen LogP contribution is 2.37. The molecule has 4 aromatic rings. The molecule has 0 radical (unpaired) electrons. The van der Waals surface area contributed by atoms with Crippen molar-refractivity contribution in [2.24, 2.45) is 5.73 Å². The Kier molecular flexibility index (Phi) is 9.44. The van der Waals surface area contributed by atoms with Crippen LogP contribution in [0, 0.1) is 6.92 Å². The summed E-state index contributed by atoms with van der Waals surface area (Å²) >= 11 is 0. The van der Waals surface area contributed by atoms with Crippen molar-refractivity contribution >= 4 is 11.8 Å². The van der Waals surface area contributed by atoms with E-state index in [1.54, 1.807) is 12.7 Å². The van der Waals surface area contributed by atoms with Crippen molar-refractivity contribution in [3.8, 4) is 0 Å². The minimum absolute atomic E-state index is 0.0336. The number of amides is 2. The number of likely N-dealkylation sites (tertiary alicyclic amines) is 1. The molecule has 0 aliphatic carbocycles. The molecule has 2 amide bonds. The maximum atomic E-state index is 14.0. The first-order valence-electron chi connectivity index (χ1n) is 14.7. The average Bonchev–Trinajstić information content (AvgIpc) is 3.54. The van der Waals surface area contributed by atoms with Gasteiger partial charge in [0, 0.05) is 37.9 Å². The summed E-state index contributed by atoms with van der Waals surface area (Å²) in [6.45, 7) is 4.38. The van der Waals surface area contributed by atoms with E-state index in [9.17, 15) is 9.59 Å². The van der Waals surface area contributed by atoms with Gasteiger partial charge in [0.05, 0.1) is 6.54 Å². The van der Waals surface area contributed by atoms with Crippen LogP contribution in [0.2, 0.25) is 0 Å². The second-order valence-corrected chi connectivity index (χ2v) is 11.3. The van der Waals surface area contributed by atoms with E-state index < -0.39 is 6.04 Å². The topological polar surface area (TPSA) is 106 Å². The van der Waals surface area contributed by atoms with Gasteiger partial charge in [0.2, 0.25) is 11.8 Å². The molecule has 1 saturated heterocycles. The van der Waals surface area contributed by atoms with Crippen LogP contribution in [-0.4, -0.2) is 50.6 Å². The van der Waals surface area contributed by atoms with E-state index in [2.05, 4.69) is 39.7 Å². The van der Waals surface area contributed by atoms with Gasteiger partial charge in [0.15, 0.2) is 0 Å². The molecule has 0 spiro atoms. The Labute approximate surface area is 248 Å². The molecule has 0 bridgehead atoms. The predicted molar refractivity (Wildman–Crippen MR) is 163 cm³/mol. The highest BCUT2D eigenvalue weighted by Gasteiger charge is 2.39. The Morgan fingerprint density at radius 2 is 1.64 bits per heavy atom. The summed E-state index contributed by atoms with van der Waals surface area (Å²) in [5.74, 6) is -0.164. The Balaban J connectivity index is 1.30. The number of nitrogens with two attached hydrogens (primary N) is 1. The lowest BCUT2D eigenvalue weighted by Gasteiger charge is -2.43. The van der Waals surface area contributed by atoms with Gasteiger partial charge < -0.3 is 16.0 Å². The number of piperidine rings is 1. The lowest BCUT2D eigenvalue weighted by Crippen LogP contribution is -2.54. The minimum atomic E-state index is -0.635. The van der Waals surface area contributed by atoms with E-state index in [0.29, 0.717) is 45.4 Å². The Bertz CT molecular complexity index is 1450. The number of benzene rings is 3. The van der Waals surface area contributed by atoms with Crippen molar-refractivity contribution in [1.82, 2.24) is 25.0 Å². The molecule has 218 valence electrons. The van der Waals surface area contributed by atoms with Crippen LogP contribution in [0.1, 0.15) is 47.1 Å². The minimum Gasteiger partial charge on any atom is -0.344 e. The SMILES string of the molecule is Cc1ccc(C[C@@H](NC(=O)CCc2ccccc2CN)C(=O)N2CCC(Cn3cncn3)(c3ccccc3)CC2)cc1. The molecule has 5 rings (SSSR count). The summed E-state index contributed by atoms with van der Waals surface area (Å²) < 4.78 is 1.88. The summed E-state index contributed by atoms with van der Waals surface area (Å²) in [7, 11) is 0. The number of carbonyl (C=O) groups excluding carboxylic acids is 2. The molecule has 8 nitrogen and oxygen atoms in total. The normalized spacial score (nSPS) is 15.2. The molecule has 1 aliphatic rings. The number of carbonyl (C=O) groups is 2. The van der Waals surface area contributed by atoms with Gasteiger partial charge in [-0.25, -0.2) is 4.98 Å². The molecule has 42 heavy (non-hydrogen) atoms. The third kappa shape index (κ3) is 7.12. The third-order valence-electron chi connectivity index (χ3n) is 8.50. The Hall–Kier alpha value is -4.30. The van der Waals surface area contributed by atoms with Crippen LogP contribution in [0.25, 0.3) is 0 Å². The predicted octanol–water partition coefficient (Wildman–Crippen LogP) is 3.97. The molecule has 3 N–H and O–H groups in total. The highest BCUT2D eigenvalue weighted by molar-refractivity contribution is 5.88. The number of aryl methyl sites for hydroxylation is 2. The molecule has 1 atom stereocenters. The van der Waals surface area contributed by atoms with Crippen molar-refractivity contribution in [1.29, 1.82) is 0 Å². The van der Waals surface area contributed by atoms with Crippen molar-refractivity contribution < 1.29 is 9.59 Å². The Morgan fingerprint density at radius 1 is 0.952 bits per heavy atom. The zero-order chi connectivity index (χ0) is 29.4. The number of aromatic nitrogens is 3. The molecule has 1 aromatic heterocycles. The van der Waals surface area contributed by atoms with Gasteiger partial charge >= 0.3 is 0 Å². The third-order valence-corrected chi connectivity index (χ3v) is 8.50. The smallest absolute Gasteiger partial charge is 0.245 e. The van der Waals surface area contributed by atoms with Crippen LogP contribution in [0.5, 0.6) is 0 Å². The van der Waals surface area contributed by atoms with E-state index in [1.165, 1.54) is 5.56 Å². The summed E-state index contributed by atoms with van der Waals surface area (Å²) in [5.41, 5.74) is 11.3. The fourth-order valence-electron chi connectivity index (χ4n) is 6.00. The van der Waals surface area contributed by atoms with Gasteiger partial charge in [-0.3, -0.25) is 14.3 Å². The van der Waals surface area contributed by atoms with E-state index in [-0.39, 0.29) is 17.2 Å². The van der Waals surface area contributed by atoms with Gasteiger partial charge in [0.1, 0.15) is 18.7 Å². The number of nitrogens with one attached hydrogen (secondary N) is 1. The molecule has 2 heterocycles. The first kappa shape index (κ1) is 29.2. The van der Waals surface area contributed by atoms with Crippen LogP contribution in [0.4, 0.5) is 0 Å². The largest absolute Gasteiger partial charge is 0.344 e. The molecule has 0 unspecified atom stereocenters. The van der Waals surface area contributed by atoms with Crippen LogP contribution >= 0.6 is 0 Å². The maximum Gasteiger partial charge on any atom is 0.245 e. The van der Waals surface area contributed by atoms with Gasteiger partial charge in [-0.05, 0) is 48.4 Å². The molecule has 0 saturated carbocycles. The fourth-order valence-corrected chi connectivity index (χ4v) is 6.00. The molecular formula is C34H40N6O2. The maximum absolute atomic E-state index is 14.0. The summed E-state index contributed by atoms with van der Waals surface area (Å²) in [4.78, 5) is 33.3. The standard InChI is InChI=1S/C34H40N6O2/c1-26-11-13-27(14-12-26)21-31(38-32(41)16-15-28-7-5-6-8-29(28)22-35)33(42)39-19-17-34(18-20-39,23-40-25-36-24-37-40)30-9-3-2-4-10-30/h2-14,24-25,31H,15-23,35H2,1H3,(H,38,41)/t31-/m1/s1. The zero-order valence-electron chi connectivity index (χ0n) is 24.3. The van der Waals surface area contributed by atoms with E-state index in [0.717, 1.165) is 35.1 Å². The molecular weight excluding hydrogens is 524 g/mol. The van der Waals surface area contributed by atoms with Crippen molar-refractivity contribution in [3.63, 3.8) is 0 Å². The lowest BCUT2D eigenvalue weighted by molar-refractivity contribution is -0.138. The fraction of sp³-hybridized carbons (Fsp3) is 0.353. The van der Waals surface area contributed by atoms with Crippen molar-refractivity contribution in [2.75, 3.05) is 13.1 Å². The summed E-state index contributed by atoms with van der Waals surface area (Å²) in [5, 5.41) is 7.46. The van der Waals surface area contributed by atoms with E-state index in [4.69, 9.17) is 5.73 Å². The lowest BCUT2D eigenvalue weighted by atomic mass is 9.72. The van der Waals surface area contributed by atoms with E-state index in [1.807, 2.05) is 71.1 Å². The van der Waals surface area contributed by atoms with Gasteiger partial charge in [-0.1, -0.05) is 84.4 Å². The van der Waals surface area contributed by atoms with Gasteiger partial charge in [-0.2, -0.15) is 5.10 Å². The van der Waals surface area contributed by atoms with Crippen LogP contribution in [0.15, 0.2) is 91.5 Å². The molecule has 8 heteroatoms. The summed E-state index contributed by atoms with van der Waals surface area (Å²) in [6, 6.07) is 25.9.